The van der Waals surface area contributed by atoms with E-state index in [9.17, 15) is 5.11 Å². The first kappa shape index (κ1) is 11.7. The number of aromatic nitrogens is 2. The number of halogens is 1. The van der Waals surface area contributed by atoms with Gasteiger partial charge in [0.2, 0.25) is 0 Å². The summed E-state index contributed by atoms with van der Waals surface area (Å²) in [6, 6.07) is 1.82. The molecule has 0 unspecified atom stereocenters. The molecule has 0 bridgehead atoms. The summed E-state index contributed by atoms with van der Waals surface area (Å²) in [6.07, 6.45) is 0. The molecule has 4 nitrogen and oxygen atoms in total. The van der Waals surface area contributed by atoms with E-state index in [1.165, 1.54) is 0 Å². The van der Waals surface area contributed by atoms with E-state index in [0.717, 1.165) is 10.3 Å². The Morgan fingerprint density at radius 2 is 2.29 bits per heavy atom. The van der Waals surface area contributed by atoms with Crippen LogP contribution in [-0.2, 0) is 16.9 Å². The van der Waals surface area contributed by atoms with Gasteiger partial charge < -0.3 is 9.84 Å². The standard InChI is InChI=1S/C9H15BrN2O2/c1-9(2,13)7-6-8(10)11-12(7)4-5-14-3/h6,13H,4-5H2,1-3H3. The molecule has 14 heavy (non-hydrogen) atoms. The maximum atomic E-state index is 9.86. The van der Waals surface area contributed by atoms with Crippen molar-refractivity contribution < 1.29 is 9.84 Å². The Morgan fingerprint density at radius 3 is 2.79 bits per heavy atom. The highest BCUT2D eigenvalue weighted by atomic mass is 79.9. The lowest BCUT2D eigenvalue weighted by Gasteiger charge is -2.18. The molecule has 0 saturated heterocycles. The van der Waals surface area contributed by atoms with E-state index in [1.807, 2.05) is 6.07 Å². The van der Waals surface area contributed by atoms with Gasteiger partial charge in [0.1, 0.15) is 10.2 Å². The van der Waals surface area contributed by atoms with Gasteiger partial charge in [0.15, 0.2) is 0 Å². The predicted octanol–water partition coefficient (Wildman–Crippen LogP) is 1.52. The summed E-state index contributed by atoms with van der Waals surface area (Å²) in [6.45, 7) is 4.69. The van der Waals surface area contributed by atoms with Crippen LogP contribution in [-0.4, -0.2) is 28.6 Å². The molecule has 0 aliphatic rings. The number of hydrogen-bond acceptors (Lipinski definition) is 3. The van der Waals surface area contributed by atoms with Gasteiger partial charge in [0.25, 0.3) is 0 Å². The maximum Gasteiger partial charge on any atom is 0.128 e. The second-order valence-electron chi connectivity index (χ2n) is 3.63. The minimum Gasteiger partial charge on any atom is -0.384 e. The number of methoxy groups -OCH3 is 1. The third-order valence-electron chi connectivity index (χ3n) is 1.88. The first-order valence-electron chi connectivity index (χ1n) is 4.40. The van der Waals surface area contributed by atoms with Crippen molar-refractivity contribution in [2.45, 2.75) is 26.0 Å². The summed E-state index contributed by atoms with van der Waals surface area (Å²) in [4.78, 5) is 0. The van der Waals surface area contributed by atoms with E-state index in [1.54, 1.807) is 25.6 Å². The summed E-state index contributed by atoms with van der Waals surface area (Å²) < 4.78 is 7.44. The zero-order valence-electron chi connectivity index (χ0n) is 8.62. The molecule has 0 atom stereocenters. The van der Waals surface area contributed by atoms with Gasteiger partial charge in [-0.2, -0.15) is 5.10 Å². The summed E-state index contributed by atoms with van der Waals surface area (Å²) in [5.41, 5.74) is -0.103. The summed E-state index contributed by atoms with van der Waals surface area (Å²) in [5.74, 6) is 0. The summed E-state index contributed by atoms with van der Waals surface area (Å²) >= 11 is 3.28. The van der Waals surface area contributed by atoms with Crippen molar-refractivity contribution in [3.63, 3.8) is 0 Å². The molecular formula is C9H15BrN2O2. The zero-order chi connectivity index (χ0) is 10.8. The molecule has 0 aliphatic carbocycles. The molecule has 1 rings (SSSR count). The molecule has 80 valence electrons. The van der Waals surface area contributed by atoms with Crippen molar-refractivity contribution >= 4 is 15.9 Å². The Balaban J connectivity index is 2.91. The minimum atomic E-state index is -0.882. The average Bonchev–Trinajstić information content (AvgIpc) is 2.42. The normalized spacial score (nSPS) is 12.1. The van der Waals surface area contributed by atoms with Crippen molar-refractivity contribution in [2.24, 2.45) is 0 Å². The van der Waals surface area contributed by atoms with Crippen LogP contribution in [0.5, 0.6) is 0 Å². The molecule has 0 aliphatic heterocycles. The van der Waals surface area contributed by atoms with Crippen molar-refractivity contribution in [2.75, 3.05) is 13.7 Å². The van der Waals surface area contributed by atoms with Crippen LogP contribution in [0.2, 0.25) is 0 Å². The summed E-state index contributed by atoms with van der Waals surface area (Å²) in [5, 5.41) is 14.1. The van der Waals surface area contributed by atoms with Gasteiger partial charge in [-0.15, -0.1) is 0 Å². The topological polar surface area (TPSA) is 47.3 Å². The number of hydrogen-bond donors (Lipinski definition) is 1. The highest BCUT2D eigenvalue weighted by Gasteiger charge is 2.22. The fraction of sp³-hybridized carbons (Fsp3) is 0.667. The van der Waals surface area contributed by atoms with Crippen molar-refractivity contribution in [3.8, 4) is 0 Å². The van der Waals surface area contributed by atoms with Crippen molar-refractivity contribution in [3.05, 3.63) is 16.4 Å². The van der Waals surface area contributed by atoms with Crippen LogP contribution in [0, 0.1) is 0 Å². The van der Waals surface area contributed by atoms with Gasteiger partial charge in [-0.3, -0.25) is 4.68 Å². The Kier molecular flexibility index (Phi) is 3.69. The SMILES string of the molecule is COCCn1nc(Br)cc1C(C)(C)O. The lowest BCUT2D eigenvalue weighted by atomic mass is 10.1. The molecule has 5 heteroatoms. The van der Waals surface area contributed by atoms with Gasteiger partial charge >= 0.3 is 0 Å². The van der Waals surface area contributed by atoms with E-state index in [4.69, 9.17) is 4.74 Å². The highest BCUT2D eigenvalue weighted by molar-refractivity contribution is 9.10. The van der Waals surface area contributed by atoms with Crippen molar-refractivity contribution in [1.29, 1.82) is 0 Å². The molecule has 1 aromatic heterocycles. The number of rotatable bonds is 4. The lowest BCUT2D eigenvalue weighted by Crippen LogP contribution is -2.22. The van der Waals surface area contributed by atoms with Gasteiger partial charge in [0.05, 0.1) is 18.8 Å². The van der Waals surface area contributed by atoms with Crippen LogP contribution < -0.4 is 0 Å². The van der Waals surface area contributed by atoms with Gasteiger partial charge in [-0.1, -0.05) is 0 Å². The Labute approximate surface area is 92.0 Å². The summed E-state index contributed by atoms with van der Waals surface area (Å²) in [7, 11) is 1.64. The molecule has 0 fully saturated rings. The molecule has 0 radical (unpaired) electrons. The fourth-order valence-electron chi connectivity index (χ4n) is 1.23. The Hall–Kier alpha value is -0.390. The van der Waals surface area contributed by atoms with Gasteiger partial charge in [-0.25, -0.2) is 0 Å². The fourth-order valence-corrected chi connectivity index (χ4v) is 1.63. The van der Waals surface area contributed by atoms with E-state index in [-0.39, 0.29) is 0 Å². The van der Waals surface area contributed by atoms with E-state index < -0.39 is 5.60 Å². The number of ether oxygens (including phenoxy) is 1. The van der Waals surface area contributed by atoms with Gasteiger partial charge in [-0.05, 0) is 35.8 Å². The second-order valence-corrected chi connectivity index (χ2v) is 4.44. The maximum absolute atomic E-state index is 9.86. The van der Waals surface area contributed by atoms with E-state index in [2.05, 4.69) is 21.0 Å². The van der Waals surface area contributed by atoms with Gasteiger partial charge in [0, 0.05) is 7.11 Å². The molecular weight excluding hydrogens is 248 g/mol. The van der Waals surface area contributed by atoms with Crippen LogP contribution in [0.1, 0.15) is 19.5 Å². The Morgan fingerprint density at radius 1 is 1.64 bits per heavy atom. The van der Waals surface area contributed by atoms with E-state index in [0.29, 0.717) is 13.2 Å². The molecule has 0 aromatic carbocycles. The highest BCUT2D eigenvalue weighted by Crippen LogP contribution is 2.22. The third kappa shape index (κ3) is 2.80. The molecule has 0 amide bonds. The van der Waals surface area contributed by atoms with E-state index >= 15 is 0 Å². The average molecular weight is 263 g/mol. The molecule has 1 aromatic rings. The van der Waals surface area contributed by atoms with Crippen molar-refractivity contribution in [1.82, 2.24) is 9.78 Å². The molecule has 0 saturated carbocycles. The minimum absolute atomic E-state index is 0.581. The largest absolute Gasteiger partial charge is 0.384 e. The molecule has 1 N–H and O–H groups in total. The molecule has 0 spiro atoms. The van der Waals surface area contributed by atoms with Crippen LogP contribution in [0.3, 0.4) is 0 Å². The first-order chi connectivity index (χ1) is 6.45. The van der Waals surface area contributed by atoms with Crippen LogP contribution in [0.4, 0.5) is 0 Å². The van der Waals surface area contributed by atoms with Crippen LogP contribution in [0.25, 0.3) is 0 Å². The number of aliphatic hydroxyl groups is 1. The Bertz CT molecular complexity index is 304. The number of nitrogens with zero attached hydrogens (tertiary/aromatic N) is 2. The van der Waals surface area contributed by atoms with Crippen LogP contribution in [0.15, 0.2) is 10.7 Å². The van der Waals surface area contributed by atoms with Crippen LogP contribution >= 0.6 is 15.9 Å². The molecule has 1 heterocycles. The third-order valence-corrected chi connectivity index (χ3v) is 2.27. The zero-order valence-corrected chi connectivity index (χ0v) is 10.2. The first-order valence-corrected chi connectivity index (χ1v) is 5.19. The smallest absolute Gasteiger partial charge is 0.128 e. The predicted molar refractivity (Wildman–Crippen MR) is 57.0 cm³/mol. The second kappa shape index (κ2) is 4.42. The monoisotopic (exact) mass is 262 g/mol. The lowest BCUT2D eigenvalue weighted by molar-refractivity contribution is 0.0660. The quantitative estimate of drug-likeness (QED) is 0.895.